The van der Waals surface area contributed by atoms with Crippen LogP contribution in [0.3, 0.4) is 0 Å². The third-order valence-corrected chi connectivity index (χ3v) is 5.24. The maximum atomic E-state index is 13.1. The predicted molar refractivity (Wildman–Crippen MR) is 117 cm³/mol. The molecule has 4 atom stereocenters. The highest BCUT2D eigenvalue weighted by Gasteiger charge is 2.32. The van der Waals surface area contributed by atoms with E-state index in [1.807, 2.05) is 39.0 Å². The van der Waals surface area contributed by atoms with Crippen LogP contribution in [0.5, 0.6) is 0 Å². The Labute approximate surface area is 178 Å². The average Bonchev–Trinajstić information content (AvgIpc) is 2.72. The van der Waals surface area contributed by atoms with E-state index < -0.39 is 24.0 Å². The third-order valence-electron chi connectivity index (χ3n) is 5.24. The van der Waals surface area contributed by atoms with E-state index in [-0.39, 0.29) is 23.7 Å². The lowest BCUT2D eigenvalue weighted by atomic mass is 9.86. The van der Waals surface area contributed by atoms with Crippen LogP contribution in [-0.2, 0) is 9.59 Å². The van der Waals surface area contributed by atoms with Gasteiger partial charge in [-0.05, 0) is 49.1 Å². The van der Waals surface area contributed by atoms with Crippen LogP contribution >= 0.6 is 0 Å². The molecule has 0 fully saturated rings. The number of hydrogen-bond donors (Lipinski definition) is 3. The molecule has 1 aromatic rings. The maximum absolute atomic E-state index is 13.1. The standard InChI is InChI=1S/C24H32N2O4/c1-16(2)14-20(24(29)30)25-23(28)21(17(3)15-18-10-6-4-7-11-18)26-22(27)19-12-8-5-9-13-19/h4-10,12-13,16-18,20-21H,11,14-15H2,1-3H3,(H,25,28)(H,26,27)(H,29,30)/t17?,18?,20-,21-/m0/s1. The molecule has 1 aliphatic rings. The fraction of sp³-hybridized carbons (Fsp3) is 0.458. The van der Waals surface area contributed by atoms with Gasteiger partial charge in [-0.2, -0.15) is 0 Å². The lowest BCUT2D eigenvalue weighted by molar-refractivity contribution is -0.142. The first-order chi connectivity index (χ1) is 14.3. The normalized spacial score (nSPS) is 18.5. The number of carbonyl (C=O) groups excluding carboxylic acids is 2. The summed E-state index contributed by atoms with van der Waals surface area (Å²) in [5.74, 6) is -1.67. The van der Waals surface area contributed by atoms with Crippen LogP contribution in [0.1, 0.15) is 50.4 Å². The summed E-state index contributed by atoms with van der Waals surface area (Å²) in [6.45, 7) is 5.73. The van der Waals surface area contributed by atoms with Gasteiger partial charge >= 0.3 is 5.97 Å². The highest BCUT2D eigenvalue weighted by molar-refractivity contribution is 5.98. The molecular formula is C24H32N2O4. The van der Waals surface area contributed by atoms with Crippen molar-refractivity contribution in [2.75, 3.05) is 0 Å². The molecule has 1 aliphatic carbocycles. The zero-order chi connectivity index (χ0) is 22.1. The number of nitrogens with one attached hydrogen (secondary N) is 2. The molecule has 0 spiro atoms. The Kier molecular flexibility index (Phi) is 8.84. The summed E-state index contributed by atoms with van der Waals surface area (Å²) >= 11 is 0. The number of aliphatic carboxylic acids is 1. The van der Waals surface area contributed by atoms with Crippen molar-refractivity contribution < 1.29 is 19.5 Å². The predicted octanol–water partition coefficient (Wildman–Crippen LogP) is 3.56. The summed E-state index contributed by atoms with van der Waals surface area (Å²) in [6, 6.07) is 6.89. The minimum Gasteiger partial charge on any atom is -0.480 e. The van der Waals surface area contributed by atoms with Gasteiger partial charge in [-0.15, -0.1) is 0 Å². The average molecular weight is 413 g/mol. The van der Waals surface area contributed by atoms with Crippen LogP contribution in [0.4, 0.5) is 0 Å². The van der Waals surface area contributed by atoms with Crippen molar-refractivity contribution in [1.29, 1.82) is 0 Å². The molecule has 1 aromatic carbocycles. The first-order valence-electron chi connectivity index (χ1n) is 10.5. The van der Waals surface area contributed by atoms with E-state index in [9.17, 15) is 19.5 Å². The molecular weight excluding hydrogens is 380 g/mol. The minimum atomic E-state index is -1.07. The molecule has 3 N–H and O–H groups in total. The van der Waals surface area contributed by atoms with Gasteiger partial charge in [0.1, 0.15) is 12.1 Å². The number of benzene rings is 1. The molecule has 0 radical (unpaired) electrons. The van der Waals surface area contributed by atoms with Gasteiger partial charge in [-0.3, -0.25) is 9.59 Å². The fourth-order valence-corrected chi connectivity index (χ4v) is 3.65. The molecule has 30 heavy (non-hydrogen) atoms. The molecule has 0 heterocycles. The number of allylic oxidation sites excluding steroid dienone is 4. The molecule has 2 rings (SSSR count). The summed E-state index contributed by atoms with van der Waals surface area (Å²) in [5.41, 5.74) is 0.458. The van der Waals surface area contributed by atoms with Crippen LogP contribution in [0, 0.1) is 17.8 Å². The molecule has 0 aromatic heterocycles. The van der Waals surface area contributed by atoms with Gasteiger partial charge in [0.05, 0.1) is 0 Å². The number of hydrogen-bond acceptors (Lipinski definition) is 3. The monoisotopic (exact) mass is 412 g/mol. The molecule has 0 saturated heterocycles. The molecule has 6 heteroatoms. The van der Waals surface area contributed by atoms with Gasteiger partial charge in [0.25, 0.3) is 5.91 Å². The van der Waals surface area contributed by atoms with Crippen molar-refractivity contribution in [3.63, 3.8) is 0 Å². The second kappa shape index (κ2) is 11.3. The lowest BCUT2D eigenvalue weighted by Gasteiger charge is -2.28. The highest BCUT2D eigenvalue weighted by atomic mass is 16.4. The lowest BCUT2D eigenvalue weighted by Crippen LogP contribution is -2.54. The number of carboxylic acids is 1. The molecule has 2 amide bonds. The Morgan fingerprint density at radius 2 is 1.77 bits per heavy atom. The van der Waals surface area contributed by atoms with Crippen LogP contribution in [0.25, 0.3) is 0 Å². The molecule has 6 nitrogen and oxygen atoms in total. The Morgan fingerprint density at radius 3 is 2.33 bits per heavy atom. The van der Waals surface area contributed by atoms with Crippen LogP contribution < -0.4 is 10.6 Å². The van der Waals surface area contributed by atoms with E-state index in [0.29, 0.717) is 18.4 Å². The van der Waals surface area contributed by atoms with E-state index in [1.54, 1.807) is 24.3 Å². The Balaban J connectivity index is 2.16. The zero-order valence-electron chi connectivity index (χ0n) is 17.9. The summed E-state index contributed by atoms with van der Waals surface area (Å²) < 4.78 is 0. The summed E-state index contributed by atoms with van der Waals surface area (Å²) in [7, 11) is 0. The summed E-state index contributed by atoms with van der Waals surface area (Å²) in [4.78, 5) is 37.4. The van der Waals surface area contributed by atoms with E-state index >= 15 is 0 Å². The minimum absolute atomic E-state index is 0.111. The maximum Gasteiger partial charge on any atom is 0.326 e. The van der Waals surface area contributed by atoms with Gasteiger partial charge in [0, 0.05) is 5.56 Å². The van der Waals surface area contributed by atoms with Crippen molar-refractivity contribution in [3.8, 4) is 0 Å². The van der Waals surface area contributed by atoms with Gasteiger partial charge in [-0.25, -0.2) is 4.79 Å². The molecule has 2 unspecified atom stereocenters. The topological polar surface area (TPSA) is 95.5 Å². The second-order valence-electron chi connectivity index (χ2n) is 8.37. The second-order valence-corrected chi connectivity index (χ2v) is 8.37. The SMILES string of the molecule is CC(C)C[C@H](NC(=O)[C@@H](NC(=O)c1ccccc1)C(C)CC1C=CC=CC1)C(=O)O. The van der Waals surface area contributed by atoms with Crippen molar-refractivity contribution >= 4 is 17.8 Å². The Morgan fingerprint density at radius 1 is 1.07 bits per heavy atom. The van der Waals surface area contributed by atoms with E-state index in [4.69, 9.17) is 0 Å². The van der Waals surface area contributed by atoms with Gasteiger partial charge < -0.3 is 15.7 Å². The van der Waals surface area contributed by atoms with Crippen molar-refractivity contribution in [2.24, 2.45) is 17.8 Å². The quantitative estimate of drug-likeness (QED) is 0.548. The van der Waals surface area contributed by atoms with E-state index in [2.05, 4.69) is 22.8 Å². The Hall–Kier alpha value is -2.89. The summed E-state index contributed by atoms with van der Waals surface area (Å²) in [5, 5.41) is 15.0. The first kappa shape index (κ1) is 23.4. The highest BCUT2D eigenvalue weighted by Crippen LogP contribution is 2.23. The van der Waals surface area contributed by atoms with Gasteiger partial charge in [0.15, 0.2) is 0 Å². The zero-order valence-corrected chi connectivity index (χ0v) is 17.9. The van der Waals surface area contributed by atoms with Crippen molar-refractivity contribution in [2.45, 2.75) is 52.1 Å². The van der Waals surface area contributed by atoms with Crippen molar-refractivity contribution in [1.82, 2.24) is 10.6 Å². The molecule has 0 saturated carbocycles. The Bertz CT molecular complexity index is 786. The van der Waals surface area contributed by atoms with E-state index in [0.717, 1.165) is 6.42 Å². The van der Waals surface area contributed by atoms with Gasteiger partial charge in [-0.1, -0.05) is 63.3 Å². The molecule has 0 bridgehead atoms. The van der Waals surface area contributed by atoms with E-state index in [1.165, 1.54) is 0 Å². The number of carbonyl (C=O) groups is 3. The molecule has 162 valence electrons. The van der Waals surface area contributed by atoms with Gasteiger partial charge in [0.2, 0.25) is 5.91 Å². The number of rotatable bonds is 10. The van der Waals surface area contributed by atoms with Crippen molar-refractivity contribution in [3.05, 3.63) is 60.2 Å². The fourth-order valence-electron chi connectivity index (χ4n) is 3.65. The van der Waals surface area contributed by atoms with Crippen LogP contribution in [-0.4, -0.2) is 35.0 Å². The largest absolute Gasteiger partial charge is 0.480 e. The summed E-state index contributed by atoms with van der Waals surface area (Å²) in [6.07, 6.45) is 10.1. The van der Waals surface area contributed by atoms with Crippen LogP contribution in [0.2, 0.25) is 0 Å². The smallest absolute Gasteiger partial charge is 0.326 e. The number of carboxylic acid groups (broad SMARTS) is 1. The first-order valence-corrected chi connectivity index (χ1v) is 10.5. The number of amides is 2. The van der Waals surface area contributed by atoms with Crippen LogP contribution in [0.15, 0.2) is 54.6 Å². The molecule has 0 aliphatic heterocycles. The third kappa shape index (κ3) is 7.17.